The number of benzene rings is 1. The van der Waals surface area contributed by atoms with Gasteiger partial charge in [0.25, 0.3) is 0 Å². The van der Waals surface area contributed by atoms with Crippen LogP contribution in [0.2, 0.25) is 0 Å². The Labute approximate surface area is 135 Å². The maximum atomic E-state index is 13.3. The molecule has 0 saturated carbocycles. The van der Waals surface area contributed by atoms with Crippen molar-refractivity contribution in [1.29, 1.82) is 0 Å². The number of hydrogen-bond acceptors (Lipinski definition) is 3. The molecule has 2 fully saturated rings. The molecule has 2 amide bonds. The molecule has 23 heavy (non-hydrogen) atoms. The number of aryl methyl sites for hydroxylation is 1. The molecule has 0 aromatic heterocycles. The van der Waals surface area contributed by atoms with Gasteiger partial charge in [0.05, 0.1) is 0 Å². The van der Waals surface area contributed by atoms with E-state index in [1.54, 1.807) is 6.07 Å². The minimum Gasteiger partial charge on any atom is -0.369 e. The van der Waals surface area contributed by atoms with Gasteiger partial charge in [0.15, 0.2) is 0 Å². The molecule has 0 unspecified atom stereocenters. The summed E-state index contributed by atoms with van der Waals surface area (Å²) in [5, 5.41) is 5.74. The molecule has 2 aliphatic rings. The van der Waals surface area contributed by atoms with Crippen molar-refractivity contribution in [2.45, 2.75) is 44.7 Å². The van der Waals surface area contributed by atoms with Gasteiger partial charge in [0, 0.05) is 31.2 Å². The number of anilines is 1. The highest BCUT2D eigenvalue weighted by Gasteiger charge is 2.30. The van der Waals surface area contributed by atoms with Crippen molar-refractivity contribution in [3.05, 3.63) is 29.6 Å². The summed E-state index contributed by atoms with van der Waals surface area (Å²) >= 11 is 0. The van der Waals surface area contributed by atoms with Crippen molar-refractivity contribution in [3.63, 3.8) is 0 Å². The predicted molar refractivity (Wildman–Crippen MR) is 85.7 cm³/mol. The first-order valence-electron chi connectivity index (χ1n) is 8.14. The van der Waals surface area contributed by atoms with Crippen molar-refractivity contribution in [1.82, 2.24) is 10.6 Å². The molecule has 0 spiro atoms. The van der Waals surface area contributed by atoms with Gasteiger partial charge < -0.3 is 15.5 Å². The van der Waals surface area contributed by atoms with Crippen LogP contribution in [-0.4, -0.2) is 37.0 Å². The van der Waals surface area contributed by atoms with Crippen molar-refractivity contribution in [3.8, 4) is 0 Å². The van der Waals surface area contributed by atoms with Crippen LogP contribution in [0.4, 0.5) is 10.1 Å². The lowest BCUT2D eigenvalue weighted by atomic mass is 10.0. The van der Waals surface area contributed by atoms with Crippen molar-refractivity contribution >= 4 is 17.5 Å². The minimum atomic E-state index is -0.398. The van der Waals surface area contributed by atoms with Crippen LogP contribution in [0.25, 0.3) is 0 Å². The van der Waals surface area contributed by atoms with Crippen LogP contribution in [0, 0.1) is 12.7 Å². The molecule has 3 rings (SSSR count). The summed E-state index contributed by atoms with van der Waals surface area (Å²) in [6.45, 7) is 3.51. The average molecular weight is 319 g/mol. The van der Waals surface area contributed by atoms with Crippen LogP contribution in [-0.2, 0) is 9.59 Å². The molecule has 2 atom stereocenters. The maximum absolute atomic E-state index is 13.3. The van der Waals surface area contributed by atoms with Crippen LogP contribution in [0.5, 0.6) is 0 Å². The Balaban J connectivity index is 1.62. The lowest BCUT2D eigenvalue weighted by molar-refractivity contribution is -0.126. The molecule has 1 aromatic rings. The second-order valence-corrected chi connectivity index (χ2v) is 6.38. The van der Waals surface area contributed by atoms with Gasteiger partial charge in [0.1, 0.15) is 11.9 Å². The van der Waals surface area contributed by atoms with Crippen LogP contribution < -0.4 is 15.5 Å². The fourth-order valence-electron chi connectivity index (χ4n) is 3.40. The Morgan fingerprint density at radius 1 is 1.39 bits per heavy atom. The van der Waals surface area contributed by atoms with E-state index in [2.05, 4.69) is 15.5 Å². The van der Waals surface area contributed by atoms with Gasteiger partial charge in [0.2, 0.25) is 11.8 Å². The highest BCUT2D eigenvalue weighted by Crippen LogP contribution is 2.24. The summed E-state index contributed by atoms with van der Waals surface area (Å²) in [7, 11) is 0. The zero-order valence-electron chi connectivity index (χ0n) is 13.3. The summed E-state index contributed by atoms with van der Waals surface area (Å²) in [5.74, 6) is -0.388. The minimum absolute atomic E-state index is 0.0539. The van der Waals surface area contributed by atoms with Gasteiger partial charge >= 0.3 is 0 Å². The first-order valence-corrected chi connectivity index (χ1v) is 8.14. The lowest BCUT2D eigenvalue weighted by Gasteiger charge is -2.36. The SMILES string of the molecule is Cc1cc(F)ccc1N1CCC[C@H](NC(=O)[C@H]2CCC(=O)N2)C1. The first kappa shape index (κ1) is 15.8. The Bertz CT molecular complexity index is 620. The summed E-state index contributed by atoms with van der Waals surface area (Å²) in [6, 6.07) is 4.46. The molecule has 0 aliphatic carbocycles. The van der Waals surface area contributed by atoms with Gasteiger partial charge in [-0.1, -0.05) is 0 Å². The second-order valence-electron chi connectivity index (χ2n) is 6.38. The van der Waals surface area contributed by atoms with E-state index in [4.69, 9.17) is 0 Å². The van der Waals surface area contributed by atoms with Gasteiger partial charge in [-0.3, -0.25) is 9.59 Å². The number of nitrogens with zero attached hydrogens (tertiary/aromatic N) is 1. The molecule has 0 radical (unpaired) electrons. The molecule has 124 valence electrons. The normalized spacial score (nSPS) is 24.4. The third kappa shape index (κ3) is 3.63. The van der Waals surface area contributed by atoms with E-state index < -0.39 is 6.04 Å². The van der Waals surface area contributed by atoms with Gasteiger partial charge in [-0.05, 0) is 49.9 Å². The number of piperidine rings is 1. The summed E-state index contributed by atoms with van der Waals surface area (Å²) in [4.78, 5) is 25.6. The van der Waals surface area contributed by atoms with Gasteiger partial charge in [-0.2, -0.15) is 0 Å². The topological polar surface area (TPSA) is 61.4 Å². The quantitative estimate of drug-likeness (QED) is 0.887. The number of carbonyl (C=O) groups excluding carboxylic acids is 2. The smallest absolute Gasteiger partial charge is 0.242 e. The van der Waals surface area contributed by atoms with Gasteiger partial charge in [-0.25, -0.2) is 4.39 Å². The lowest BCUT2D eigenvalue weighted by Crippen LogP contribution is -2.52. The average Bonchev–Trinajstić information content (AvgIpc) is 2.94. The molecule has 2 aliphatic heterocycles. The van der Waals surface area contributed by atoms with E-state index in [-0.39, 0.29) is 23.7 Å². The van der Waals surface area contributed by atoms with E-state index in [9.17, 15) is 14.0 Å². The maximum Gasteiger partial charge on any atom is 0.242 e. The predicted octanol–water partition coefficient (Wildman–Crippen LogP) is 1.50. The number of rotatable bonds is 3. The van der Waals surface area contributed by atoms with Crippen molar-refractivity contribution in [2.24, 2.45) is 0 Å². The first-order chi connectivity index (χ1) is 11.0. The molecular weight excluding hydrogens is 297 g/mol. The monoisotopic (exact) mass is 319 g/mol. The third-order valence-electron chi connectivity index (χ3n) is 4.58. The number of halogens is 1. The largest absolute Gasteiger partial charge is 0.369 e. The van der Waals surface area contributed by atoms with Crippen LogP contribution in [0.15, 0.2) is 18.2 Å². The van der Waals surface area contributed by atoms with Gasteiger partial charge in [-0.15, -0.1) is 0 Å². The Morgan fingerprint density at radius 3 is 2.91 bits per heavy atom. The number of carbonyl (C=O) groups is 2. The van der Waals surface area contributed by atoms with Crippen LogP contribution >= 0.6 is 0 Å². The van der Waals surface area contributed by atoms with E-state index in [0.717, 1.165) is 30.6 Å². The zero-order chi connectivity index (χ0) is 16.4. The molecular formula is C17H22FN3O2. The Kier molecular flexibility index (Phi) is 4.50. The molecule has 2 heterocycles. The molecule has 6 heteroatoms. The Hall–Kier alpha value is -2.11. The van der Waals surface area contributed by atoms with Crippen molar-refractivity contribution < 1.29 is 14.0 Å². The second kappa shape index (κ2) is 6.56. The van der Waals surface area contributed by atoms with E-state index >= 15 is 0 Å². The molecule has 2 saturated heterocycles. The highest BCUT2D eigenvalue weighted by atomic mass is 19.1. The van der Waals surface area contributed by atoms with Crippen LogP contribution in [0.1, 0.15) is 31.2 Å². The number of hydrogen-bond donors (Lipinski definition) is 2. The molecule has 2 N–H and O–H groups in total. The van der Waals surface area contributed by atoms with E-state index in [1.807, 2.05) is 6.92 Å². The van der Waals surface area contributed by atoms with E-state index in [0.29, 0.717) is 19.4 Å². The fraction of sp³-hybridized carbons (Fsp3) is 0.529. The number of amides is 2. The van der Waals surface area contributed by atoms with E-state index in [1.165, 1.54) is 12.1 Å². The highest BCUT2D eigenvalue weighted by molar-refractivity contribution is 5.90. The fourth-order valence-corrected chi connectivity index (χ4v) is 3.40. The summed E-state index contributed by atoms with van der Waals surface area (Å²) < 4.78 is 13.3. The summed E-state index contributed by atoms with van der Waals surface area (Å²) in [6.07, 6.45) is 2.88. The number of nitrogens with one attached hydrogen (secondary N) is 2. The molecule has 0 bridgehead atoms. The Morgan fingerprint density at radius 2 is 2.22 bits per heavy atom. The standard InChI is InChI=1S/C17H22FN3O2/c1-11-9-12(18)4-6-15(11)21-8-2-3-13(10-21)19-17(23)14-5-7-16(22)20-14/h4,6,9,13-14H,2-3,5,7-8,10H2,1H3,(H,19,23)(H,20,22)/t13-,14+/m0/s1. The molecule has 1 aromatic carbocycles. The van der Waals surface area contributed by atoms with Crippen molar-refractivity contribution in [2.75, 3.05) is 18.0 Å². The summed E-state index contributed by atoms with van der Waals surface area (Å²) in [5.41, 5.74) is 1.92. The third-order valence-corrected chi connectivity index (χ3v) is 4.58. The zero-order valence-corrected chi connectivity index (χ0v) is 13.3. The van der Waals surface area contributed by atoms with Crippen LogP contribution in [0.3, 0.4) is 0 Å². The molecule has 5 nitrogen and oxygen atoms in total.